The van der Waals surface area contributed by atoms with E-state index in [-0.39, 0.29) is 5.91 Å². The van der Waals surface area contributed by atoms with Gasteiger partial charge >= 0.3 is 0 Å². The minimum atomic E-state index is 0.117. The quantitative estimate of drug-likeness (QED) is 0.451. The van der Waals surface area contributed by atoms with Crippen LogP contribution >= 0.6 is 11.3 Å². The molecule has 1 saturated heterocycles. The van der Waals surface area contributed by atoms with E-state index in [9.17, 15) is 4.79 Å². The lowest BCUT2D eigenvalue weighted by atomic mass is 10.0. The largest absolute Gasteiger partial charge is 0.345 e. The van der Waals surface area contributed by atoms with E-state index in [1.165, 1.54) is 21.4 Å². The Hall–Kier alpha value is -3.18. The monoisotopic (exact) mass is 427 g/mol. The van der Waals surface area contributed by atoms with Crippen molar-refractivity contribution in [2.75, 3.05) is 31.1 Å². The molecule has 0 radical (unpaired) electrons. The van der Waals surface area contributed by atoms with Gasteiger partial charge in [0, 0.05) is 31.7 Å². The number of aryl methyl sites for hydroxylation is 1. The van der Waals surface area contributed by atoms with Crippen molar-refractivity contribution in [1.82, 2.24) is 9.88 Å². The summed E-state index contributed by atoms with van der Waals surface area (Å²) in [4.78, 5) is 22.1. The number of hydrogen-bond donors (Lipinski definition) is 0. The second kappa shape index (κ2) is 8.52. The fourth-order valence-corrected chi connectivity index (χ4v) is 5.19. The zero-order valence-corrected chi connectivity index (χ0v) is 18.4. The lowest BCUT2D eigenvalue weighted by Crippen LogP contribution is -2.48. The van der Waals surface area contributed by atoms with Gasteiger partial charge in [-0.25, -0.2) is 4.98 Å². The van der Waals surface area contributed by atoms with Gasteiger partial charge in [-0.1, -0.05) is 65.9 Å². The molecule has 5 rings (SSSR count). The van der Waals surface area contributed by atoms with Gasteiger partial charge in [-0.3, -0.25) is 4.79 Å². The van der Waals surface area contributed by atoms with Gasteiger partial charge in [-0.2, -0.15) is 0 Å². The van der Waals surface area contributed by atoms with E-state index in [2.05, 4.69) is 66.4 Å². The van der Waals surface area contributed by atoms with Crippen LogP contribution in [0.1, 0.15) is 27.0 Å². The molecule has 0 aliphatic carbocycles. The molecule has 5 heteroatoms. The van der Waals surface area contributed by atoms with Crippen molar-refractivity contribution in [3.05, 3.63) is 95.1 Å². The number of carbonyl (C=O) groups is 1. The number of anilines is 1. The third-order valence-electron chi connectivity index (χ3n) is 5.90. The normalized spacial score (nSPS) is 14.2. The van der Waals surface area contributed by atoms with Crippen molar-refractivity contribution in [2.24, 2.45) is 0 Å². The van der Waals surface area contributed by atoms with Gasteiger partial charge in [0.2, 0.25) is 0 Å². The Balaban J connectivity index is 1.22. The van der Waals surface area contributed by atoms with Crippen LogP contribution in [0.5, 0.6) is 0 Å². The minimum absolute atomic E-state index is 0.117. The summed E-state index contributed by atoms with van der Waals surface area (Å²) in [5.41, 5.74) is 5.57. The third-order valence-corrected chi connectivity index (χ3v) is 6.98. The third kappa shape index (κ3) is 4.19. The van der Waals surface area contributed by atoms with E-state index in [0.29, 0.717) is 0 Å². The molecule has 4 aromatic rings. The highest BCUT2D eigenvalue weighted by atomic mass is 32.1. The molecule has 1 aliphatic heterocycles. The van der Waals surface area contributed by atoms with Crippen molar-refractivity contribution in [3.63, 3.8) is 0 Å². The summed E-state index contributed by atoms with van der Waals surface area (Å²) >= 11 is 1.74. The van der Waals surface area contributed by atoms with Crippen LogP contribution in [0.3, 0.4) is 0 Å². The Labute approximate surface area is 186 Å². The molecular formula is C26H25N3OS. The van der Waals surface area contributed by atoms with Crippen LogP contribution in [0, 0.1) is 6.92 Å². The van der Waals surface area contributed by atoms with Gasteiger partial charge in [0.05, 0.1) is 10.2 Å². The Morgan fingerprint density at radius 3 is 2.29 bits per heavy atom. The van der Waals surface area contributed by atoms with Crippen LogP contribution in [0.4, 0.5) is 5.13 Å². The molecule has 0 spiro atoms. The van der Waals surface area contributed by atoms with E-state index < -0.39 is 0 Å². The van der Waals surface area contributed by atoms with E-state index in [1.54, 1.807) is 11.3 Å². The predicted octanol–water partition coefficient (Wildman–Crippen LogP) is 5.16. The van der Waals surface area contributed by atoms with Crippen molar-refractivity contribution >= 4 is 32.6 Å². The molecule has 1 aliphatic rings. The maximum absolute atomic E-state index is 13.0. The summed E-state index contributed by atoms with van der Waals surface area (Å²) < 4.78 is 1.23. The standard InChI is InChI=1S/C26H25N3OS/c1-19-6-5-9-23-24(19)27-26(31-23)29-16-14-28(15-17-29)25(30)22-12-10-21(11-13-22)18-20-7-3-2-4-8-20/h2-13H,14-18H2,1H3. The lowest BCUT2D eigenvalue weighted by molar-refractivity contribution is 0.0747. The number of thiazole rings is 1. The smallest absolute Gasteiger partial charge is 0.253 e. The summed E-state index contributed by atoms with van der Waals surface area (Å²) in [5.74, 6) is 0.117. The number of amides is 1. The highest BCUT2D eigenvalue weighted by molar-refractivity contribution is 7.22. The van der Waals surface area contributed by atoms with Crippen molar-refractivity contribution in [1.29, 1.82) is 0 Å². The number of rotatable bonds is 4. The van der Waals surface area contributed by atoms with Crippen molar-refractivity contribution < 1.29 is 4.79 Å². The molecule has 1 amide bonds. The summed E-state index contributed by atoms with van der Waals surface area (Å²) in [7, 11) is 0. The maximum atomic E-state index is 13.0. The summed E-state index contributed by atoms with van der Waals surface area (Å²) in [6, 6.07) is 24.8. The first-order valence-corrected chi connectivity index (χ1v) is 11.5. The number of hydrogen-bond acceptors (Lipinski definition) is 4. The molecule has 4 nitrogen and oxygen atoms in total. The lowest BCUT2D eigenvalue weighted by Gasteiger charge is -2.34. The Kier molecular flexibility index (Phi) is 5.43. The van der Waals surface area contributed by atoms with E-state index in [0.717, 1.165) is 48.8 Å². The van der Waals surface area contributed by atoms with Crippen LogP contribution in [0.25, 0.3) is 10.2 Å². The number of para-hydroxylation sites is 1. The summed E-state index contributed by atoms with van der Waals surface area (Å²) in [6.07, 6.45) is 0.885. The van der Waals surface area contributed by atoms with Crippen molar-refractivity contribution in [3.8, 4) is 0 Å². The Bertz CT molecular complexity index is 1190. The van der Waals surface area contributed by atoms with Gasteiger partial charge in [0.15, 0.2) is 5.13 Å². The number of nitrogens with zero attached hydrogens (tertiary/aromatic N) is 3. The zero-order chi connectivity index (χ0) is 21.2. The van der Waals surface area contributed by atoms with Crippen LogP contribution in [0.2, 0.25) is 0 Å². The number of aromatic nitrogens is 1. The molecule has 0 atom stereocenters. The molecule has 1 aromatic heterocycles. The summed E-state index contributed by atoms with van der Waals surface area (Å²) in [5, 5.41) is 1.06. The molecule has 31 heavy (non-hydrogen) atoms. The topological polar surface area (TPSA) is 36.4 Å². The molecule has 0 N–H and O–H groups in total. The van der Waals surface area contributed by atoms with Gasteiger partial charge in [-0.05, 0) is 48.2 Å². The Morgan fingerprint density at radius 1 is 0.871 bits per heavy atom. The average molecular weight is 428 g/mol. The van der Waals surface area contributed by atoms with E-state index >= 15 is 0 Å². The zero-order valence-electron chi connectivity index (χ0n) is 17.6. The fraction of sp³-hybridized carbons (Fsp3) is 0.231. The maximum Gasteiger partial charge on any atom is 0.253 e. The van der Waals surface area contributed by atoms with Gasteiger partial charge < -0.3 is 9.80 Å². The molecule has 0 unspecified atom stereocenters. The Morgan fingerprint density at radius 2 is 1.58 bits per heavy atom. The molecular weight excluding hydrogens is 402 g/mol. The van der Waals surface area contributed by atoms with Crippen LogP contribution < -0.4 is 4.90 Å². The second-order valence-electron chi connectivity index (χ2n) is 8.06. The average Bonchev–Trinajstić information content (AvgIpc) is 3.26. The number of piperazine rings is 1. The summed E-state index contributed by atoms with van der Waals surface area (Å²) in [6.45, 7) is 5.18. The SMILES string of the molecule is Cc1cccc2sc(N3CCN(C(=O)c4ccc(Cc5ccccc5)cc4)CC3)nc12. The van der Waals surface area contributed by atoms with E-state index in [1.807, 2.05) is 23.1 Å². The highest BCUT2D eigenvalue weighted by Gasteiger charge is 2.24. The van der Waals surface area contributed by atoms with Crippen LogP contribution in [-0.4, -0.2) is 42.0 Å². The number of carbonyl (C=O) groups excluding carboxylic acids is 1. The molecule has 156 valence electrons. The van der Waals surface area contributed by atoms with E-state index in [4.69, 9.17) is 4.98 Å². The van der Waals surface area contributed by atoms with Crippen molar-refractivity contribution in [2.45, 2.75) is 13.3 Å². The molecule has 1 fully saturated rings. The van der Waals surface area contributed by atoms with Crippen LogP contribution in [-0.2, 0) is 6.42 Å². The number of benzene rings is 3. The number of fused-ring (bicyclic) bond motifs is 1. The molecule has 3 aromatic carbocycles. The van der Waals surface area contributed by atoms with Crippen LogP contribution in [0.15, 0.2) is 72.8 Å². The predicted molar refractivity (Wildman–Crippen MR) is 128 cm³/mol. The van der Waals surface area contributed by atoms with Gasteiger partial charge in [0.25, 0.3) is 5.91 Å². The highest BCUT2D eigenvalue weighted by Crippen LogP contribution is 2.31. The second-order valence-corrected chi connectivity index (χ2v) is 9.07. The molecule has 2 heterocycles. The van der Waals surface area contributed by atoms with Gasteiger partial charge in [0.1, 0.15) is 0 Å². The first kappa shape index (κ1) is 19.8. The minimum Gasteiger partial charge on any atom is -0.345 e. The fourth-order valence-electron chi connectivity index (χ4n) is 4.09. The first-order valence-electron chi connectivity index (χ1n) is 10.7. The molecule has 0 bridgehead atoms. The molecule has 0 saturated carbocycles. The first-order chi connectivity index (χ1) is 15.2. The van der Waals surface area contributed by atoms with Gasteiger partial charge in [-0.15, -0.1) is 0 Å².